The summed E-state index contributed by atoms with van der Waals surface area (Å²) in [7, 11) is -4.28. The molecule has 0 saturated carbocycles. The first-order valence-corrected chi connectivity index (χ1v) is 14.6. The Kier molecular flexibility index (Phi) is 18.0. The lowest BCUT2D eigenvalue weighted by Gasteiger charge is -2.34. The average Bonchev–Trinajstić information content (AvgIpc) is 2.80. The number of rotatable bonds is 17. The van der Waals surface area contributed by atoms with Gasteiger partial charge >= 0.3 is 0 Å². The smallest absolute Gasteiger partial charge is 0.102 e. The Bertz CT molecular complexity index is 625. The Balaban J connectivity index is 0.000000900. The second kappa shape index (κ2) is 18.5. The first-order chi connectivity index (χ1) is 15.3. The summed E-state index contributed by atoms with van der Waals surface area (Å²) in [4.78, 5) is 0. The molecule has 0 N–H and O–H groups in total. The number of nitrogens with zero attached hydrogens (tertiary/aromatic N) is 1. The minimum atomic E-state index is -4.28. The third-order valence-electron chi connectivity index (χ3n) is 7.02. The molecular weight excluding hydrogens is 418 g/mol. The number of unbranched alkanes of at least 4 members (excludes halogenated alkanes) is 9. The summed E-state index contributed by atoms with van der Waals surface area (Å²) < 4.78 is 35.7. The van der Waals surface area contributed by atoms with Crippen LogP contribution in [-0.2, 0) is 10.1 Å². The van der Waals surface area contributed by atoms with Crippen LogP contribution in [-0.4, -0.2) is 43.6 Å². The SMILES string of the molecule is CCCCCCCCCCCCC(c1ccccc1)S(=O)(=O)[O-].CC[N+](CC)(CC)CC. The maximum Gasteiger partial charge on any atom is 0.102 e. The van der Waals surface area contributed by atoms with E-state index in [4.69, 9.17) is 0 Å². The van der Waals surface area contributed by atoms with Crippen molar-refractivity contribution in [2.75, 3.05) is 26.2 Å². The van der Waals surface area contributed by atoms with E-state index < -0.39 is 15.4 Å². The molecule has 1 aromatic carbocycles. The molecule has 188 valence electrons. The highest BCUT2D eigenvalue weighted by molar-refractivity contribution is 7.86. The van der Waals surface area contributed by atoms with Gasteiger partial charge in [-0.25, -0.2) is 8.42 Å². The van der Waals surface area contributed by atoms with Crippen molar-refractivity contribution in [1.82, 2.24) is 0 Å². The van der Waals surface area contributed by atoms with E-state index in [0.717, 1.165) is 19.3 Å². The summed E-state index contributed by atoms with van der Waals surface area (Å²) in [6, 6.07) is 8.86. The summed E-state index contributed by atoms with van der Waals surface area (Å²) in [6.45, 7) is 16.4. The van der Waals surface area contributed by atoms with Crippen molar-refractivity contribution in [3.8, 4) is 0 Å². The Morgan fingerprint density at radius 1 is 0.688 bits per heavy atom. The topological polar surface area (TPSA) is 57.2 Å². The average molecular weight is 470 g/mol. The van der Waals surface area contributed by atoms with Crippen molar-refractivity contribution < 1.29 is 17.5 Å². The summed E-state index contributed by atoms with van der Waals surface area (Å²) in [5.74, 6) is 0. The van der Waals surface area contributed by atoms with E-state index >= 15 is 0 Å². The first-order valence-electron chi connectivity index (χ1n) is 13.1. The Morgan fingerprint density at radius 2 is 1.09 bits per heavy atom. The number of benzene rings is 1. The van der Waals surface area contributed by atoms with Gasteiger partial charge in [0.25, 0.3) is 0 Å². The monoisotopic (exact) mass is 469 g/mol. The van der Waals surface area contributed by atoms with Crippen LogP contribution in [0.25, 0.3) is 0 Å². The van der Waals surface area contributed by atoms with Gasteiger partial charge in [0.15, 0.2) is 0 Å². The van der Waals surface area contributed by atoms with Crippen molar-refractivity contribution >= 4 is 10.1 Å². The van der Waals surface area contributed by atoms with Crippen LogP contribution >= 0.6 is 0 Å². The predicted octanol–water partition coefficient (Wildman–Crippen LogP) is 7.47. The number of quaternary nitrogens is 1. The van der Waals surface area contributed by atoms with E-state index in [1.807, 2.05) is 6.07 Å². The van der Waals surface area contributed by atoms with Gasteiger partial charge in [-0.1, -0.05) is 101 Å². The van der Waals surface area contributed by atoms with Gasteiger partial charge in [0.2, 0.25) is 0 Å². The molecule has 1 rings (SSSR count). The fourth-order valence-electron chi connectivity index (χ4n) is 4.30. The van der Waals surface area contributed by atoms with Crippen LogP contribution in [0.4, 0.5) is 0 Å². The largest absolute Gasteiger partial charge is 0.747 e. The molecule has 1 atom stereocenters. The normalized spacial score (nSPS) is 12.8. The van der Waals surface area contributed by atoms with Crippen LogP contribution < -0.4 is 0 Å². The zero-order valence-corrected chi connectivity index (χ0v) is 22.5. The summed E-state index contributed by atoms with van der Waals surface area (Å²) in [6.07, 6.45) is 12.5. The highest BCUT2D eigenvalue weighted by Gasteiger charge is 2.18. The third-order valence-corrected chi connectivity index (χ3v) is 8.23. The van der Waals surface area contributed by atoms with Crippen LogP contribution in [0, 0.1) is 0 Å². The van der Waals surface area contributed by atoms with E-state index in [9.17, 15) is 13.0 Å². The number of hydrogen-bond donors (Lipinski definition) is 0. The van der Waals surface area contributed by atoms with E-state index in [0.29, 0.717) is 12.0 Å². The predicted molar refractivity (Wildman–Crippen MR) is 138 cm³/mol. The molecule has 0 radical (unpaired) electrons. The van der Waals surface area contributed by atoms with Gasteiger partial charge in [-0.05, 0) is 39.7 Å². The van der Waals surface area contributed by atoms with Gasteiger partial charge in [0.1, 0.15) is 10.1 Å². The molecule has 0 aliphatic carbocycles. The Hall–Kier alpha value is -0.910. The van der Waals surface area contributed by atoms with Gasteiger partial charge in [0, 0.05) is 0 Å². The van der Waals surface area contributed by atoms with Crippen LogP contribution in [0.2, 0.25) is 0 Å². The van der Waals surface area contributed by atoms with Crippen LogP contribution in [0.1, 0.15) is 116 Å². The van der Waals surface area contributed by atoms with Gasteiger partial charge < -0.3 is 9.04 Å². The van der Waals surface area contributed by atoms with Gasteiger partial charge in [-0.15, -0.1) is 0 Å². The lowest BCUT2D eigenvalue weighted by atomic mass is 10.0. The zero-order valence-electron chi connectivity index (χ0n) is 21.7. The fraction of sp³-hybridized carbons (Fsp3) is 0.778. The van der Waals surface area contributed by atoms with Gasteiger partial charge in [-0.2, -0.15) is 0 Å². The van der Waals surface area contributed by atoms with Crippen LogP contribution in [0.5, 0.6) is 0 Å². The highest BCUT2D eigenvalue weighted by atomic mass is 32.2. The molecule has 0 aliphatic heterocycles. The molecule has 0 aromatic heterocycles. The summed E-state index contributed by atoms with van der Waals surface area (Å²) >= 11 is 0. The van der Waals surface area contributed by atoms with Crippen molar-refractivity contribution in [1.29, 1.82) is 0 Å². The lowest BCUT2D eigenvalue weighted by Crippen LogP contribution is -2.47. The van der Waals surface area contributed by atoms with Gasteiger partial charge in [-0.3, -0.25) is 0 Å². The molecule has 1 aromatic rings. The van der Waals surface area contributed by atoms with Crippen molar-refractivity contribution in [2.24, 2.45) is 0 Å². The molecule has 0 saturated heterocycles. The Labute approximate surface area is 200 Å². The Morgan fingerprint density at radius 3 is 1.44 bits per heavy atom. The molecular formula is C27H51NO3S. The molecule has 1 unspecified atom stereocenters. The highest BCUT2D eigenvalue weighted by Crippen LogP contribution is 2.27. The van der Waals surface area contributed by atoms with Gasteiger partial charge in [0.05, 0.1) is 31.4 Å². The van der Waals surface area contributed by atoms with Crippen LogP contribution in [0.15, 0.2) is 30.3 Å². The summed E-state index contributed by atoms with van der Waals surface area (Å²) in [5, 5.41) is -0.891. The fourth-order valence-corrected chi connectivity index (χ4v) is 5.25. The molecule has 0 aliphatic rings. The zero-order chi connectivity index (χ0) is 24.3. The molecule has 4 nitrogen and oxygen atoms in total. The van der Waals surface area contributed by atoms with E-state index in [1.54, 1.807) is 24.3 Å². The standard InChI is InChI=1S/C19H32O3S.C8H20N/c1-2-3-4-5-6-7-8-9-10-14-17-19(23(20,21)22)18-15-12-11-13-16-18;1-5-9(6-2,7-3)8-4/h11-13,15-16,19H,2-10,14,17H2,1H3,(H,20,21,22);5-8H2,1-4H3/q;+1/p-1. The molecule has 0 spiro atoms. The van der Waals surface area contributed by atoms with Crippen molar-refractivity contribution in [2.45, 2.75) is 110 Å². The maximum absolute atomic E-state index is 11.5. The van der Waals surface area contributed by atoms with E-state index in [1.165, 1.54) is 75.6 Å². The molecule has 32 heavy (non-hydrogen) atoms. The second-order valence-corrected chi connectivity index (χ2v) is 10.5. The number of hydrogen-bond acceptors (Lipinski definition) is 3. The first kappa shape index (κ1) is 31.1. The molecule has 0 fully saturated rings. The minimum absolute atomic E-state index is 0.437. The minimum Gasteiger partial charge on any atom is -0.747 e. The molecule has 0 amide bonds. The van der Waals surface area contributed by atoms with Crippen molar-refractivity contribution in [3.05, 3.63) is 35.9 Å². The molecule has 0 heterocycles. The van der Waals surface area contributed by atoms with Crippen molar-refractivity contribution in [3.63, 3.8) is 0 Å². The van der Waals surface area contributed by atoms with Crippen LogP contribution in [0.3, 0.4) is 0 Å². The van der Waals surface area contributed by atoms with E-state index in [2.05, 4.69) is 34.6 Å². The quantitative estimate of drug-likeness (QED) is 0.135. The van der Waals surface area contributed by atoms with E-state index in [-0.39, 0.29) is 0 Å². The second-order valence-electron chi connectivity index (χ2n) is 8.97. The third kappa shape index (κ3) is 13.6. The molecule has 5 heteroatoms. The summed E-state index contributed by atoms with van der Waals surface area (Å²) in [5.41, 5.74) is 0.624. The molecule has 0 bridgehead atoms. The lowest BCUT2D eigenvalue weighted by molar-refractivity contribution is -0.921. The maximum atomic E-state index is 11.5.